The molecule has 1 aromatic rings. The number of carboxylic acid groups (broad SMARTS) is 3. The van der Waals surface area contributed by atoms with E-state index in [1.54, 1.807) is 0 Å². The molecule has 1 heterocycles. The van der Waals surface area contributed by atoms with Crippen LogP contribution in [0.15, 0.2) is 0 Å². The first-order valence-electron chi connectivity index (χ1n) is 3.37. The van der Waals surface area contributed by atoms with E-state index in [1.165, 1.54) is 0 Å². The maximum absolute atomic E-state index is 10.4. The number of aromatic carboxylic acids is 3. The zero-order valence-electron chi connectivity index (χ0n) is 7.91. The van der Waals surface area contributed by atoms with Crippen molar-refractivity contribution in [3.63, 3.8) is 0 Å². The Morgan fingerprint density at radius 1 is 0.688 bits per heavy atom. The van der Waals surface area contributed by atoms with E-state index in [-0.39, 0.29) is 51.4 Å². The summed E-state index contributed by atoms with van der Waals surface area (Å²) >= 11 is 0. The SMILES string of the molecule is O=C(O)c1nc(C(=O)O)nc(C(=O)O)n1.[K]. The van der Waals surface area contributed by atoms with Crippen molar-refractivity contribution in [3.8, 4) is 0 Å². The minimum Gasteiger partial charge on any atom is -0.475 e. The topological polar surface area (TPSA) is 151 Å². The normalized spacial score (nSPS) is 9.00. The molecule has 10 heteroatoms. The first-order valence-corrected chi connectivity index (χ1v) is 3.37. The summed E-state index contributed by atoms with van der Waals surface area (Å²) in [6.07, 6.45) is 0. The predicted octanol–water partition coefficient (Wildman–Crippen LogP) is -1.41. The van der Waals surface area contributed by atoms with Gasteiger partial charge >= 0.3 is 17.9 Å². The Morgan fingerprint density at radius 2 is 0.875 bits per heavy atom. The Balaban J connectivity index is 0.00000225. The van der Waals surface area contributed by atoms with Crippen molar-refractivity contribution in [1.29, 1.82) is 0 Å². The van der Waals surface area contributed by atoms with Crippen molar-refractivity contribution in [2.45, 2.75) is 0 Å². The van der Waals surface area contributed by atoms with Crippen molar-refractivity contribution < 1.29 is 29.7 Å². The largest absolute Gasteiger partial charge is 0.475 e. The third kappa shape index (κ3) is 3.57. The molecule has 16 heavy (non-hydrogen) atoms. The van der Waals surface area contributed by atoms with Gasteiger partial charge in [0.25, 0.3) is 0 Å². The second-order valence-electron chi connectivity index (χ2n) is 2.22. The van der Waals surface area contributed by atoms with E-state index in [2.05, 4.69) is 15.0 Å². The van der Waals surface area contributed by atoms with Gasteiger partial charge in [-0.15, -0.1) is 0 Å². The molecule has 1 radical (unpaired) electrons. The molecule has 0 saturated carbocycles. The Bertz CT molecular complexity index is 383. The van der Waals surface area contributed by atoms with Crippen LogP contribution in [0, 0.1) is 0 Å². The zero-order valence-corrected chi connectivity index (χ0v) is 11.0. The van der Waals surface area contributed by atoms with Gasteiger partial charge in [-0.3, -0.25) is 0 Å². The van der Waals surface area contributed by atoms with Crippen LogP contribution < -0.4 is 0 Å². The number of carboxylic acids is 3. The van der Waals surface area contributed by atoms with Crippen LogP contribution in [0.1, 0.15) is 31.9 Å². The van der Waals surface area contributed by atoms with Gasteiger partial charge in [-0.1, -0.05) is 0 Å². The van der Waals surface area contributed by atoms with Crippen LogP contribution in [-0.2, 0) is 0 Å². The van der Waals surface area contributed by atoms with Crippen molar-refractivity contribution in [1.82, 2.24) is 15.0 Å². The monoisotopic (exact) mass is 252 g/mol. The van der Waals surface area contributed by atoms with Crippen LogP contribution >= 0.6 is 0 Å². The van der Waals surface area contributed by atoms with Gasteiger partial charge in [0, 0.05) is 51.4 Å². The second-order valence-corrected chi connectivity index (χ2v) is 2.22. The number of carbonyl (C=O) groups is 3. The molecule has 0 aliphatic carbocycles. The average Bonchev–Trinajstić information content (AvgIpc) is 2.16. The van der Waals surface area contributed by atoms with Gasteiger partial charge in [0.2, 0.25) is 17.5 Å². The van der Waals surface area contributed by atoms with Crippen molar-refractivity contribution >= 4 is 69.3 Å². The van der Waals surface area contributed by atoms with E-state index in [0.717, 1.165) is 0 Å². The molecule has 0 aromatic carbocycles. The van der Waals surface area contributed by atoms with E-state index < -0.39 is 35.4 Å². The van der Waals surface area contributed by atoms with Crippen molar-refractivity contribution in [2.24, 2.45) is 0 Å². The number of hydrogen-bond donors (Lipinski definition) is 3. The summed E-state index contributed by atoms with van der Waals surface area (Å²) < 4.78 is 0. The van der Waals surface area contributed by atoms with Crippen LogP contribution in [0.4, 0.5) is 0 Å². The number of aromatic nitrogens is 3. The van der Waals surface area contributed by atoms with E-state index >= 15 is 0 Å². The Kier molecular flexibility index (Phi) is 5.61. The molecule has 0 unspecified atom stereocenters. The first-order chi connectivity index (χ1) is 6.91. The van der Waals surface area contributed by atoms with Gasteiger partial charge in [0.15, 0.2) is 0 Å². The average molecular weight is 252 g/mol. The van der Waals surface area contributed by atoms with Crippen LogP contribution in [0.25, 0.3) is 0 Å². The molecule has 0 aliphatic rings. The fraction of sp³-hybridized carbons (Fsp3) is 0. The molecule has 0 fully saturated rings. The Hall–Kier alpha value is -0.944. The number of nitrogens with zero attached hydrogens (tertiary/aromatic N) is 3. The molecule has 0 amide bonds. The molecule has 1 rings (SSSR count). The van der Waals surface area contributed by atoms with Crippen LogP contribution in [0.3, 0.4) is 0 Å². The molecular formula is C6H3KN3O6. The molecule has 3 N–H and O–H groups in total. The van der Waals surface area contributed by atoms with Crippen LogP contribution in [0.2, 0.25) is 0 Å². The zero-order chi connectivity index (χ0) is 11.6. The fourth-order valence-corrected chi connectivity index (χ4v) is 0.663. The molecule has 0 bridgehead atoms. The molecule has 79 valence electrons. The van der Waals surface area contributed by atoms with Gasteiger partial charge in [-0.25, -0.2) is 14.4 Å². The van der Waals surface area contributed by atoms with E-state index in [0.29, 0.717) is 0 Å². The second kappa shape index (κ2) is 5.96. The van der Waals surface area contributed by atoms with Gasteiger partial charge in [0.1, 0.15) is 0 Å². The van der Waals surface area contributed by atoms with Gasteiger partial charge < -0.3 is 15.3 Å². The fourth-order valence-electron chi connectivity index (χ4n) is 0.663. The van der Waals surface area contributed by atoms with Gasteiger partial charge in [-0.2, -0.15) is 15.0 Å². The minimum atomic E-state index is -1.64. The van der Waals surface area contributed by atoms with Crippen LogP contribution in [-0.4, -0.2) is 99.6 Å². The van der Waals surface area contributed by atoms with Gasteiger partial charge in [0.05, 0.1) is 0 Å². The molecular weight excluding hydrogens is 249 g/mol. The molecule has 0 aliphatic heterocycles. The standard InChI is InChI=1S/C6H3N3O6.K/c10-4(11)1-7-2(5(12)13)9-3(8-1)6(14)15;/h(H,10,11)(H,12,13)(H,14,15);. The third-order valence-electron chi connectivity index (χ3n) is 1.21. The molecule has 9 nitrogen and oxygen atoms in total. The summed E-state index contributed by atoms with van der Waals surface area (Å²) in [4.78, 5) is 40.3. The van der Waals surface area contributed by atoms with Crippen LogP contribution in [0.5, 0.6) is 0 Å². The number of hydrogen-bond acceptors (Lipinski definition) is 6. The first kappa shape index (κ1) is 15.1. The van der Waals surface area contributed by atoms with Gasteiger partial charge in [-0.05, 0) is 0 Å². The van der Waals surface area contributed by atoms with E-state index in [9.17, 15) is 14.4 Å². The summed E-state index contributed by atoms with van der Waals surface area (Å²) in [7, 11) is 0. The molecule has 1 aromatic heterocycles. The Morgan fingerprint density at radius 3 is 1.00 bits per heavy atom. The maximum atomic E-state index is 10.4. The predicted molar refractivity (Wildman–Crippen MR) is 46.5 cm³/mol. The maximum Gasteiger partial charge on any atom is 0.374 e. The van der Waals surface area contributed by atoms with E-state index in [4.69, 9.17) is 15.3 Å². The summed E-state index contributed by atoms with van der Waals surface area (Å²) in [5, 5.41) is 25.4. The Labute approximate surface area is 130 Å². The number of rotatable bonds is 3. The summed E-state index contributed by atoms with van der Waals surface area (Å²) in [5.74, 6) is -7.70. The van der Waals surface area contributed by atoms with Crippen molar-refractivity contribution in [3.05, 3.63) is 17.5 Å². The molecule has 0 saturated heterocycles. The minimum absolute atomic E-state index is 0. The summed E-state index contributed by atoms with van der Waals surface area (Å²) in [5.41, 5.74) is 0. The smallest absolute Gasteiger partial charge is 0.374 e. The molecule has 0 atom stereocenters. The molecule has 0 spiro atoms. The quantitative estimate of drug-likeness (QED) is 0.550. The van der Waals surface area contributed by atoms with Crippen molar-refractivity contribution in [2.75, 3.05) is 0 Å². The van der Waals surface area contributed by atoms with E-state index in [1.807, 2.05) is 0 Å². The third-order valence-corrected chi connectivity index (χ3v) is 1.21. The summed E-state index contributed by atoms with van der Waals surface area (Å²) in [6, 6.07) is 0. The summed E-state index contributed by atoms with van der Waals surface area (Å²) in [6.45, 7) is 0.